The summed E-state index contributed by atoms with van der Waals surface area (Å²) in [7, 11) is -0.469. The Morgan fingerprint density at radius 1 is 1.09 bits per heavy atom. The van der Waals surface area contributed by atoms with E-state index in [0.29, 0.717) is 17.2 Å². The van der Waals surface area contributed by atoms with Crippen molar-refractivity contribution in [3.05, 3.63) is 23.8 Å². The maximum Gasteiger partial charge on any atom is 0.494 e. The minimum atomic E-state index is -0.469. The lowest BCUT2D eigenvalue weighted by Gasteiger charge is -2.32. The number of hydrogen-bond donors (Lipinski definition) is 0. The van der Waals surface area contributed by atoms with E-state index in [9.17, 15) is 5.26 Å². The van der Waals surface area contributed by atoms with E-state index in [1.165, 1.54) is 0 Å². The molecule has 1 aromatic carbocycles. The molecule has 5 heteroatoms. The van der Waals surface area contributed by atoms with Gasteiger partial charge in [0, 0.05) is 0 Å². The summed E-state index contributed by atoms with van der Waals surface area (Å²) in [5.41, 5.74) is 0.548. The maximum atomic E-state index is 9.43. The van der Waals surface area contributed by atoms with Gasteiger partial charge in [-0.3, -0.25) is 0 Å². The van der Waals surface area contributed by atoms with Crippen LogP contribution in [0.2, 0.25) is 0 Å². The molecule has 1 aliphatic heterocycles. The van der Waals surface area contributed by atoms with Crippen molar-refractivity contribution in [1.82, 2.24) is 0 Å². The molecule has 1 saturated heterocycles. The van der Waals surface area contributed by atoms with Gasteiger partial charge in [-0.25, -0.2) is 0 Å². The normalized spacial score (nSPS) is 20.4. The smallest absolute Gasteiger partial charge is 0.489 e. The molecule has 1 unspecified atom stereocenters. The van der Waals surface area contributed by atoms with Crippen molar-refractivity contribution in [2.75, 3.05) is 0 Å². The molecule has 0 bridgehead atoms. The van der Waals surface area contributed by atoms with Crippen LogP contribution in [0.25, 0.3) is 0 Å². The second-order valence-electron chi connectivity index (χ2n) is 7.52. The van der Waals surface area contributed by atoms with Crippen LogP contribution in [-0.4, -0.2) is 24.4 Å². The van der Waals surface area contributed by atoms with Crippen molar-refractivity contribution < 1.29 is 14.0 Å². The summed E-state index contributed by atoms with van der Waals surface area (Å²) in [5.74, 6) is 0.985. The molecular weight excluding hydrogens is 289 g/mol. The second-order valence-corrected chi connectivity index (χ2v) is 7.52. The number of nitriles is 1. The average Bonchev–Trinajstić information content (AvgIpc) is 2.67. The molecule has 2 rings (SSSR count). The van der Waals surface area contributed by atoms with Crippen molar-refractivity contribution in [1.29, 1.82) is 5.26 Å². The van der Waals surface area contributed by atoms with Crippen LogP contribution in [0.15, 0.2) is 18.2 Å². The van der Waals surface area contributed by atoms with E-state index in [1.54, 1.807) is 6.07 Å². The van der Waals surface area contributed by atoms with E-state index in [1.807, 2.05) is 46.8 Å². The van der Waals surface area contributed by atoms with E-state index >= 15 is 0 Å². The molecule has 1 atom stereocenters. The Hall–Kier alpha value is -1.51. The van der Waals surface area contributed by atoms with Crippen LogP contribution in [-0.2, 0) is 9.31 Å². The Morgan fingerprint density at radius 3 is 2.13 bits per heavy atom. The summed E-state index contributed by atoms with van der Waals surface area (Å²) in [4.78, 5) is 0. The van der Waals surface area contributed by atoms with E-state index in [-0.39, 0.29) is 6.10 Å². The molecule has 0 aromatic heterocycles. The second kappa shape index (κ2) is 6.18. The Morgan fingerprint density at radius 2 is 1.65 bits per heavy atom. The Labute approximate surface area is 139 Å². The molecule has 1 fully saturated rings. The summed E-state index contributed by atoms with van der Waals surface area (Å²) >= 11 is 0. The first kappa shape index (κ1) is 17.8. The molecule has 1 aromatic rings. The van der Waals surface area contributed by atoms with Crippen molar-refractivity contribution in [2.45, 2.75) is 65.8 Å². The van der Waals surface area contributed by atoms with Crippen LogP contribution < -0.4 is 10.2 Å². The third-order valence-corrected chi connectivity index (χ3v) is 4.90. The minimum absolute atomic E-state index is 0.0461. The molecule has 1 heterocycles. The summed E-state index contributed by atoms with van der Waals surface area (Å²) in [6, 6.07) is 7.74. The molecule has 0 aliphatic carbocycles. The van der Waals surface area contributed by atoms with Gasteiger partial charge in [-0.2, -0.15) is 5.26 Å². The molecule has 0 saturated carbocycles. The van der Waals surface area contributed by atoms with Crippen LogP contribution in [0.1, 0.15) is 54.0 Å². The standard InChI is InChI=1S/C18H26BNO3/c1-12(2)13(3)21-16-9-8-15(10-14(16)11-20)19-22-17(4,5)18(6,7)23-19/h8-10,12-13H,1-7H3. The number of nitrogens with zero attached hydrogens (tertiary/aromatic N) is 1. The fourth-order valence-electron chi connectivity index (χ4n) is 2.20. The maximum absolute atomic E-state index is 9.43. The lowest BCUT2D eigenvalue weighted by Crippen LogP contribution is -2.41. The first-order valence-electron chi connectivity index (χ1n) is 8.14. The number of ether oxygens (including phenoxy) is 1. The SMILES string of the molecule is CC(C)C(C)Oc1ccc(B2OC(C)(C)C(C)(C)O2)cc1C#N. The van der Waals surface area contributed by atoms with Crippen LogP contribution in [0.5, 0.6) is 5.75 Å². The zero-order valence-electron chi connectivity index (χ0n) is 15.1. The van der Waals surface area contributed by atoms with Gasteiger partial charge < -0.3 is 14.0 Å². The fraction of sp³-hybridized carbons (Fsp3) is 0.611. The topological polar surface area (TPSA) is 51.5 Å². The van der Waals surface area contributed by atoms with Crippen molar-refractivity contribution >= 4 is 12.6 Å². The van der Waals surface area contributed by atoms with Crippen LogP contribution in [0, 0.1) is 17.2 Å². The van der Waals surface area contributed by atoms with E-state index < -0.39 is 18.3 Å². The largest absolute Gasteiger partial charge is 0.494 e. The molecule has 23 heavy (non-hydrogen) atoms. The van der Waals surface area contributed by atoms with Crippen molar-refractivity contribution in [3.8, 4) is 11.8 Å². The van der Waals surface area contributed by atoms with E-state index in [2.05, 4.69) is 19.9 Å². The Kier molecular flexibility index (Phi) is 4.80. The number of hydrogen-bond acceptors (Lipinski definition) is 4. The van der Waals surface area contributed by atoms with Crippen LogP contribution in [0.3, 0.4) is 0 Å². The van der Waals surface area contributed by atoms with Gasteiger partial charge in [-0.05, 0) is 58.1 Å². The third kappa shape index (κ3) is 3.54. The van der Waals surface area contributed by atoms with Gasteiger partial charge in [-0.1, -0.05) is 19.9 Å². The van der Waals surface area contributed by atoms with E-state index in [0.717, 1.165) is 5.46 Å². The highest BCUT2D eigenvalue weighted by atomic mass is 16.7. The monoisotopic (exact) mass is 315 g/mol. The van der Waals surface area contributed by atoms with Crippen molar-refractivity contribution in [3.63, 3.8) is 0 Å². The van der Waals surface area contributed by atoms with Gasteiger partial charge in [0.1, 0.15) is 11.8 Å². The molecule has 0 radical (unpaired) electrons. The predicted molar refractivity (Wildman–Crippen MR) is 91.8 cm³/mol. The lowest BCUT2D eigenvalue weighted by molar-refractivity contribution is 0.00578. The summed E-state index contributed by atoms with van der Waals surface area (Å²) < 4.78 is 18.0. The van der Waals surface area contributed by atoms with E-state index in [4.69, 9.17) is 14.0 Å². The minimum Gasteiger partial charge on any atom is -0.489 e. The van der Waals surface area contributed by atoms with Gasteiger partial charge in [-0.15, -0.1) is 0 Å². The molecule has 4 nitrogen and oxygen atoms in total. The predicted octanol–water partition coefficient (Wildman–Crippen LogP) is 3.28. The van der Waals surface area contributed by atoms with Gasteiger partial charge in [0.05, 0.1) is 22.9 Å². The average molecular weight is 315 g/mol. The van der Waals surface area contributed by atoms with Gasteiger partial charge in [0.25, 0.3) is 0 Å². The molecule has 0 amide bonds. The summed E-state index contributed by atoms with van der Waals surface area (Å²) in [6.07, 6.45) is 0.0461. The van der Waals surface area contributed by atoms with Gasteiger partial charge in [0.2, 0.25) is 0 Å². The highest BCUT2D eigenvalue weighted by Gasteiger charge is 2.51. The number of benzene rings is 1. The summed E-state index contributed by atoms with van der Waals surface area (Å²) in [6.45, 7) is 14.2. The summed E-state index contributed by atoms with van der Waals surface area (Å²) in [5, 5.41) is 9.43. The van der Waals surface area contributed by atoms with Gasteiger partial charge >= 0.3 is 7.12 Å². The Bertz CT molecular complexity index is 603. The van der Waals surface area contributed by atoms with Gasteiger partial charge in [0.15, 0.2) is 0 Å². The molecule has 0 spiro atoms. The number of rotatable bonds is 4. The molecule has 124 valence electrons. The molecular formula is C18H26BNO3. The fourth-order valence-corrected chi connectivity index (χ4v) is 2.20. The molecule has 1 aliphatic rings. The third-order valence-electron chi connectivity index (χ3n) is 4.90. The quantitative estimate of drug-likeness (QED) is 0.800. The van der Waals surface area contributed by atoms with Crippen LogP contribution in [0.4, 0.5) is 0 Å². The molecule has 0 N–H and O–H groups in total. The zero-order valence-corrected chi connectivity index (χ0v) is 15.1. The van der Waals surface area contributed by atoms with Crippen molar-refractivity contribution in [2.24, 2.45) is 5.92 Å². The highest BCUT2D eigenvalue weighted by Crippen LogP contribution is 2.36. The van der Waals surface area contributed by atoms with Crippen LogP contribution >= 0.6 is 0 Å². The highest BCUT2D eigenvalue weighted by molar-refractivity contribution is 6.62. The first-order chi connectivity index (χ1) is 10.6. The zero-order chi connectivity index (χ0) is 17.4. The first-order valence-corrected chi connectivity index (χ1v) is 8.14. The lowest BCUT2D eigenvalue weighted by atomic mass is 9.78. The Balaban J connectivity index is 2.26.